The van der Waals surface area contributed by atoms with Crippen LogP contribution in [0, 0.1) is 0 Å². The minimum atomic E-state index is -0.209. The number of nitrogens with zero attached hydrogens (tertiary/aromatic N) is 4. The molecule has 1 aromatic carbocycles. The molecule has 0 radical (unpaired) electrons. The molecule has 0 aliphatic carbocycles. The van der Waals surface area contributed by atoms with Gasteiger partial charge in [-0.15, -0.1) is 32.9 Å². The Bertz CT molecular complexity index is 1200. The van der Waals surface area contributed by atoms with E-state index in [0.717, 1.165) is 43.3 Å². The van der Waals surface area contributed by atoms with E-state index < -0.39 is 0 Å². The predicted octanol–water partition coefficient (Wildman–Crippen LogP) is 5.30. The topological polar surface area (TPSA) is 51.0 Å². The highest BCUT2D eigenvalue weighted by molar-refractivity contribution is 8.00. The number of aromatic nitrogens is 3. The molecular formula is C25H26N4OS3. The lowest BCUT2D eigenvalue weighted by molar-refractivity contribution is -0.131. The fourth-order valence-corrected chi connectivity index (χ4v) is 6.69. The highest BCUT2D eigenvalue weighted by Crippen LogP contribution is 2.29. The van der Waals surface area contributed by atoms with E-state index in [1.807, 2.05) is 17.9 Å². The summed E-state index contributed by atoms with van der Waals surface area (Å²) in [6.07, 6.45) is 2.61. The molecule has 1 amide bonds. The van der Waals surface area contributed by atoms with E-state index >= 15 is 0 Å². The molecular weight excluding hydrogens is 469 g/mol. The number of hydrogen-bond acceptors (Lipinski definition) is 6. The van der Waals surface area contributed by atoms with Crippen LogP contribution in [0.15, 0.2) is 64.4 Å². The van der Waals surface area contributed by atoms with Crippen LogP contribution in [0.3, 0.4) is 0 Å². The summed E-state index contributed by atoms with van der Waals surface area (Å²) in [5, 5.41) is 13.9. The van der Waals surface area contributed by atoms with Gasteiger partial charge >= 0.3 is 0 Å². The molecule has 1 aliphatic rings. The Balaban J connectivity index is 1.32. The van der Waals surface area contributed by atoms with Crippen molar-refractivity contribution in [2.45, 2.75) is 49.7 Å². The maximum atomic E-state index is 13.2. The molecule has 4 heterocycles. The van der Waals surface area contributed by atoms with Gasteiger partial charge in [0.2, 0.25) is 5.91 Å². The lowest BCUT2D eigenvalue weighted by Crippen LogP contribution is -2.39. The third-order valence-corrected chi connectivity index (χ3v) is 8.89. The highest BCUT2D eigenvalue weighted by atomic mass is 32.2. The van der Waals surface area contributed by atoms with E-state index in [2.05, 4.69) is 68.0 Å². The third kappa shape index (κ3) is 5.23. The Kier molecular flexibility index (Phi) is 6.94. The van der Waals surface area contributed by atoms with Gasteiger partial charge in [0.25, 0.3) is 0 Å². The van der Waals surface area contributed by atoms with Crippen molar-refractivity contribution in [3.8, 4) is 0 Å². The van der Waals surface area contributed by atoms with Crippen LogP contribution >= 0.6 is 34.4 Å². The summed E-state index contributed by atoms with van der Waals surface area (Å²) in [4.78, 5) is 17.9. The van der Waals surface area contributed by atoms with Crippen LogP contribution < -0.4 is 0 Å². The molecule has 0 fully saturated rings. The summed E-state index contributed by atoms with van der Waals surface area (Å²) in [5.74, 6) is 1.13. The number of rotatable bonds is 8. The standard InChI is InChI=1S/C25H26N4OS3/c1-18(24(30)28-12-10-22-20(17-28)11-15-32-22)33-25-27-26-23(16-21-8-5-14-31-21)29(25)13-9-19-6-3-2-4-7-19/h2-8,11,14-15,18H,9-10,12-13,16-17H2,1H3. The minimum Gasteiger partial charge on any atom is -0.337 e. The molecule has 0 bridgehead atoms. The number of thioether (sulfide) groups is 1. The number of aryl methyl sites for hydroxylation is 1. The molecule has 0 N–H and O–H groups in total. The Labute approximate surface area is 206 Å². The molecule has 5 rings (SSSR count). The van der Waals surface area contributed by atoms with Gasteiger partial charge in [-0.25, -0.2) is 0 Å². The smallest absolute Gasteiger partial charge is 0.236 e. The van der Waals surface area contributed by atoms with E-state index in [1.165, 1.54) is 32.6 Å². The van der Waals surface area contributed by atoms with Crippen molar-refractivity contribution in [2.24, 2.45) is 0 Å². The van der Waals surface area contributed by atoms with Crippen LogP contribution in [0.1, 0.15) is 33.6 Å². The zero-order valence-electron chi connectivity index (χ0n) is 18.5. The molecule has 170 valence electrons. The maximum Gasteiger partial charge on any atom is 0.236 e. The third-order valence-electron chi connectivity index (χ3n) is 5.92. The van der Waals surface area contributed by atoms with Gasteiger partial charge in [0.05, 0.1) is 5.25 Å². The molecule has 1 atom stereocenters. The average Bonchev–Trinajstić information content (AvgIpc) is 3.60. The van der Waals surface area contributed by atoms with Gasteiger partial charge in [-0.2, -0.15) is 0 Å². The van der Waals surface area contributed by atoms with E-state index in [1.54, 1.807) is 22.7 Å². The Morgan fingerprint density at radius 3 is 2.79 bits per heavy atom. The van der Waals surface area contributed by atoms with E-state index in [0.29, 0.717) is 6.54 Å². The molecule has 33 heavy (non-hydrogen) atoms. The number of carbonyl (C=O) groups excluding carboxylic acids is 1. The van der Waals surface area contributed by atoms with Gasteiger partial charge in [0.1, 0.15) is 5.82 Å². The second kappa shape index (κ2) is 10.2. The van der Waals surface area contributed by atoms with Crippen molar-refractivity contribution in [1.29, 1.82) is 0 Å². The second-order valence-corrected chi connectivity index (χ2v) is 11.5. The summed E-state index contributed by atoms with van der Waals surface area (Å²) in [6.45, 7) is 4.29. The monoisotopic (exact) mass is 494 g/mol. The van der Waals surface area contributed by atoms with Crippen molar-refractivity contribution >= 4 is 40.3 Å². The van der Waals surface area contributed by atoms with Crippen LogP contribution in [0.5, 0.6) is 0 Å². The first-order chi connectivity index (χ1) is 16.2. The van der Waals surface area contributed by atoms with Crippen molar-refractivity contribution in [3.63, 3.8) is 0 Å². The van der Waals surface area contributed by atoms with Crippen molar-refractivity contribution in [3.05, 3.63) is 86.0 Å². The zero-order chi connectivity index (χ0) is 22.6. The summed E-state index contributed by atoms with van der Waals surface area (Å²) >= 11 is 5.06. The second-order valence-electron chi connectivity index (χ2n) is 8.18. The number of hydrogen-bond donors (Lipinski definition) is 0. The van der Waals surface area contributed by atoms with E-state index in [-0.39, 0.29) is 11.2 Å². The molecule has 5 nitrogen and oxygen atoms in total. The summed E-state index contributed by atoms with van der Waals surface area (Å²) in [5.41, 5.74) is 2.58. The molecule has 1 unspecified atom stereocenters. The first-order valence-corrected chi connectivity index (χ1v) is 13.8. The van der Waals surface area contributed by atoms with Gasteiger partial charge in [0, 0.05) is 35.8 Å². The highest BCUT2D eigenvalue weighted by Gasteiger charge is 2.27. The summed E-state index contributed by atoms with van der Waals surface area (Å²) in [6, 6.07) is 16.8. The molecule has 0 saturated carbocycles. The minimum absolute atomic E-state index is 0.175. The fraction of sp³-hybridized carbons (Fsp3) is 0.320. The van der Waals surface area contributed by atoms with Gasteiger partial charge < -0.3 is 9.47 Å². The van der Waals surface area contributed by atoms with E-state index in [9.17, 15) is 4.79 Å². The first-order valence-electron chi connectivity index (χ1n) is 11.2. The van der Waals surface area contributed by atoms with Crippen LogP contribution in [0.4, 0.5) is 0 Å². The number of benzene rings is 1. The Morgan fingerprint density at radius 2 is 1.97 bits per heavy atom. The normalized spacial score (nSPS) is 14.3. The number of thiophene rings is 2. The Morgan fingerprint density at radius 1 is 1.09 bits per heavy atom. The van der Waals surface area contributed by atoms with Crippen LogP contribution in [-0.2, 0) is 37.1 Å². The Hall–Kier alpha value is -2.42. The van der Waals surface area contributed by atoms with Crippen LogP contribution in [0.25, 0.3) is 0 Å². The van der Waals surface area contributed by atoms with Crippen LogP contribution in [0.2, 0.25) is 0 Å². The van der Waals surface area contributed by atoms with Gasteiger partial charge in [-0.05, 0) is 53.8 Å². The number of carbonyl (C=O) groups is 1. The summed E-state index contributed by atoms with van der Waals surface area (Å²) < 4.78 is 2.20. The molecule has 8 heteroatoms. The first kappa shape index (κ1) is 22.4. The molecule has 0 spiro atoms. The molecule has 4 aromatic rings. The summed E-state index contributed by atoms with van der Waals surface area (Å²) in [7, 11) is 0. The van der Waals surface area contributed by atoms with Crippen molar-refractivity contribution in [1.82, 2.24) is 19.7 Å². The fourth-order valence-electron chi connectivity index (χ4n) is 4.12. The van der Waals surface area contributed by atoms with Crippen LogP contribution in [-0.4, -0.2) is 37.4 Å². The maximum absolute atomic E-state index is 13.2. The number of fused-ring (bicyclic) bond motifs is 1. The quantitative estimate of drug-likeness (QED) is 0.312. The van der Waals surface area contributed by atoms with Crippen molar-refractivity contribution in [2.75, 3.05) is 6.54 Å². The largest absolute Gasteiger partial charge is 0.337 e. The molecule has 3 aromatic heterocycles. The van der Waals surface area contributed by atoms with E-state index in [4.69, 9.17) is 0 Å². The van der Waals surface area contributed by atoms with Gasteiger partial charge in [0.15, 0.2) is 5.16 Å². The van der Waals surface area contributed by atoms with Crippen molar-refractivity contribution < 1.29 is 4.79 Å². The lowest BCUT2D eigenvalue weighted by atomic mass is 10.1. The molecule has 0 saturated heterocycles. The number of amides is 1. The van der Waals surface area contributed by atoms with Gasteiger partial charge in [-0.3, -0.25) is 4.79 Å². The lowest BCUT2D eigenvalue weighted by Gasteiger charge is -2.29. The predicted molar refractivity (Wildman–Crippen MR) is 136 cm³/mol. The average molecular weight is 495 g/mol. The van der Waals surface area contributed by atoms with Gasteiger partial charge in [-0.1, -0.05) is 48.2 Å². The SMILES string of the molecule is CC(Sc1nnc(Cc2cccs2)n1CCc1ccccc1)C(=O)N1CCc2sccc2C1. The zero-order valence-corrected chi connectivity index (χ0v) is 21.0. The molecule has 1 aliphatic heterocycles.